The van der Waals surface area contributed by atoms with E-state index in [1.54, 1.807) is 42.5 Å². The van der Waals surface area contributed by atoms with Crippen LogP contribution in [0.2, 0.25) is 10.0 Å². The predicted octanol–water partition coefficient (Wildman–Crippen LogP) is 5.57. The molecule has 2 aliphatic carbocycles. The Labute approximate surface area is 297 Å². The Hall–Kier alpha value is -4.95. The van der Waals surface area contributed by atoms with Crippen LogP contribution in [0.15, 0.2) is 72.4 Å². The second-order valence-electron chi connectivity index (χ2n) is 13.0. The van der Waals surface area contributed by atoms with Gasteiger partial charge in [-0.05, 0) is 60.2 Å². The Balaban J connectivity index is 1.40. The van der Waals surface area contributed by atoms with Crippen molar-refractivity contribution in [2.45, 2.75) is 36.8 Å². The molecule has 0 bridgehead atoms. The van der Waals surface area contributed by atoms with Crippen molar-refractivity contribution in [1.82, 2.24) is 14.9 Å². The molecule has 264 valence electrons. The van der Waals surface area contributed by atoms with Crippen LogP contribution in [0.25, 0.3) is 0 Å². The first-order valence-corrected chi connectivity index (χ1v) is 16.6. The number of halogens is 5. The minimum atomic E-state index is -4.76. The largest absolute Gasteiger partial charge is 0.508 e. The van der Waals surface area contributed by atoms with Crippen LogP contribution in [0.1, 0.15) is 41.9 Å². The molecule has 4 aliphatic rings. The summed E-state index contributed by atoms with van der Waals surface area (Å²) in [7, 11) is 0. The number of imide groups is 2. The number of anilines is 1. The first kappa shape index (κ1) is 34.5. The van der Waals surface area contributed by atoms with E-state index < -0.39 is 93.6 Å². The third-order valence-electron chi connectivity index (χ3n) is 10.4. The molecular formula is C35H27Cl2F3N4O7. The molecule has 3 fully saturated rings. The minimum absolute atomic E-state index is 0.0938. The molecule has 3 N–H and O–H groups in total. The Bertz CT molecular complexity index is 2040. The molecule has 4 amide bonds. The number of aromatic nitrogens is 1. The Kier molecular flexibility index (Phi) is 8.37. The number of aliphatic carboxylic acids is 1. The van der Waals surface area contributed by atoms with Gasteiger partial charge in [0, 0.05) is 23.7 Å². The van der Waals surface area contributed by atoms with Crippen molar-refractivity contribution < 1.29 is 47.4 Å². The monoisotopic (exact) mass is 742 g/mol. The first-order chi connectivity index (χ1) is 24.1. The van der Waals surface area contributed by atoms with Gasteiger partial charge < -0.3 is 10.2 Å². The fourth-order valence-electron chi connectivity index (χ4n) is 8.36. The number of pyridine rings is 1. The predicted molar refractivity (Wildman–Crippen MR) is 174 cm³/mol. The highest BCUT2D eigenvalue weighted by atomic mass is 35.5. The van der Waals surface area contributed by atoms with E-state index in [0.29, 0.717) is 39.0 Å². The van der Waals surface area contributed by atoms with Gasteiger partial charge in [-0.1, -0.05) is 59.1 Å². The molecule has 6 atom stereocenters. The van der Waals surface area contributed by atoms with Crippen molar-refractivity contribution in [3.05, 3.63) is 99.2 Å². The maximum atomic E-state index is 15.1. The summed E-state index contributed by atoms with van der Waals surface area (Å²) in [5, 5.41) is 20.4. The fraction of sp³-hybridized carbons (Fsp3) is 0.314. The van der Waals surface area contributed by atoms with Gasteiger partial charge in [0.15, 0.2) is 5.82 Å². The number of carbonyl (C=O) groups is 5. The van der Waals surface area contributed by atoms with E-state index in [1.165, 1.54) is 12.1 Å². The van der Waals surface area contributed by atoms with E-state index in [1.807, 2.05) is 0 Å². The number of carboxylic acids is 1. The van der Waals surface area contributed by atoms with Crippen LogP contribution in [0.4, 0.5) is 19.0 Å². The topological polar surface area (TPSA) is 157 Å². The second kappa shape index (κ2) is 12.4. The number of amides is 4. The molecular weight excluding hydrogens is 716 g/mol. The summed E-state index contributed by atoms with van der Waals surface area (Å²) < 4.78 is 40.1. The van der Waals surface area contributed by atoms with Crippen molar-refractivity contribution >= 4 is 58.6 Å². The Morgan fingerprint density at radius 1 is 1.00 bits per heavy atom. The zero-order chi connectivity index (χ0) is 36.6. The zero-order valence-corrected chi connectivity index (χ0v) is 27.7. The fourth-order valence-corrected chi connectivity index (χ4v) is 8.69. The summed E-state index contributed by atoms with van der Waals surface area (Å²) in [6, 6.07) is 13.0. The summed E-state index contributed by atoms with van der Waals surface area (Å²) in [4.78, 5) is 73.1. The number of nitrogens with zero attached hydrogens (tertiary/aromatic N) is 3. The third kappa shape index (κ3) is 5.43. The normalized spacial score (nSPS) is 27.2. The van der Waals surface area contributed by atoms with Crippen molar-refractivity contribution in [3.63, 3.8) is 0 Å². The number of allylic oxidation sites excluding steroid dienone is 2. The lowest BCUT2D eigenvalue weighted by Crippen LogP contribution is -2.53. The highest BCUT2D eigenvalue weighted by molar-refractivity contribution is 6.33. The lowest BCUT2D eigenvalue weighted by molar-refractivity contribution is -0.143. The van der Waals surface area contributed by atoms with Crippen LogP contribution in [0, 0.1) is 23.7 Å². The second-order valence-corrected chi connectivity index (χ2v) is 13.8. The van der Waals surface area contributed by atoms with Gasteiger partial charge in [-0.2, -0.15) is 18.2 Å². The summed E-state index contributed by atoms with van der Waals surface area (Å²) >= 11 is 12.4. The van der Waals surface area contributed by atoms with E-state index in [0.717, 1.165) is 4.90 Å². The quantitative estimate of drug-likeness (QED) is 0.208. The molecule has 2 aromatic carbocycles. The van der Waals surface area contributed by atoms with E-state index in [4.69, 9.17) is 23.2 Å². The number of carboxylic acid groups (broad SMARTS) is 1. The van der Waals surface area contributed by atoms with Gasteiger partial charge in [-0.15, -0.1) is 0 Å². The molecule has 0 unspecified atom stereocenters. The Morgan fingerprint density at radius 3 is 2.37 bits per heavy atom. The third-order valence-corrected chi connectivity index (χ3v) is 10.9. The van der Waals surface area contributed by atoms with Crippen LogP contribution in [0.5, 0.6) is 5.75 Å². The maximum Gasteiger partial charge on any atom is 0.417 e. The summed E-state index contributed by atoms with van der Waals surface area (Å²) in [5.74, 6) is -9.23. The van der Waals surface area contributed by atoms with Gasteiger partial charge in [-0.25, -0.2) is 4.98 Å². The van der Waals surface area contributed by atoms with E-state index in [-0.39, 0.29) is 25.1 Å². The molecule has 16 heteroatoms. The number of nitrogens with one attached hydrogen (secondary N) is 1. The minimum Gasteiger partial charge on any atom is -0.508 e. The number of fused-ring (bicyclic) bond motifs is 4. The van der Waals surface area contributed by atoms with Gasteiger partial charge >= 0.3 is 12.1 Å². The average molecular weight is 744 g/mol. The number of hydrazine groups is 1. The van der Waals surface area contributed by atoms with Crippen LogP contribution >= 0.6 is 23.2 Å². The number of phenolic OH excluding ortho intramolecular Hbond substituents is 1. The summed E-state index contributed by atoms with van der Waals surface area (Å²) in [5.41, 5.74) is 0.994. The smallest absolute Gasteiger partial charge is 0.417 e. The van der Waals surface area contributed by atoms with Gasteiger partial charge in [0.1, 0.15) is 5.75 Å². The molecule has 51 heavy (non-hydrogen) atoms. The van der Waals surface area contributed by atoms with E-state index in [2.05, 4.69) is 10.4 Å². The summed E-state index contributed by atoms with van der Waals surface area (Å²) in [6.07, 6.45) is -2.94. The average Bonchev–Trinajstić information content (AvgIpc) is 3.44. The number of rotatable bonds is 7. The molecule has 2 saturated heterocycles. The van der Waals surface area contributed by atoms with Crippen molar-refractivity contribution in [1.29, 1.82) is 0 Å². The highest BCUT2D eigenvalue weighted by Gasteiger charge is 2.70. The van der Waals surface area contributed by atoms with Crippen molar-refractivity contribution in [2.24, 2.45) is 23.7 Å². The van der Waals surface area contributed by atoms with E-state index in [9.17, 15) is 42.6 Å². The molecule has 1 aromatic heterocycles. The number of likely N-dealkylation sites (tertiary alicyclic amines) is 1. The maximum absolute atomic E-state index is 15.1. The molecule has 2 aliphatic heterocycles. The van der Waals surface area contributed by atoms with Gasteiger partial charge in [0.05, 0.1) is 40.2 Å². The molecule has 0 spiro atoms. The molecule has 3 aromatic rings. The lowest BCUT2D eigenvalue weighted by Gasteiger charge is -2.50. The number of carbonyl (C=O) groups excluding carboxylic acids is 4. The van der Waals surface area contributed by atoms with Gasteiger partial charge in [-0.3, -0.25) is 34.3 Å². The SMILES string of the molecule is O=C(O)CCN1C(=O)[C@H]2[C@H](CC=C3[C@H]2C[C@H]2C(=O)N(Nc4ncc(C(F)(F)F)cc4Cl)C(=O)[C@@]2(c2ccc(Cl)cc2)[C@H]3c2cccc(O)c2)C1=O. The van der Waals surface area contributed by atoms with Crippen LogP contribution in [0.3, 0.4) is 0 Å². The summed E-state index contributed by atoms with van der Waals surface area (Å²) in [6.45, 7) is -0.327. The zero-order valence-electron chi connectivity index (χ0n) is 26.2. The highest BCUT2D eigenvalue weighted by Crippen LogP contribution is 2.64. The number of phenols is 1. The lowest BCUT2D eigenvalue weighted by atomic mass is 9.49. The molecule has 0 radical (unpaired) electrons. The van der Waals surface area contributed by atoms with Crippen LogP contribution < -0.4 is 5.43 Å². The molecule has 3 heterocycles. The number of aromatic hydroxyl groups is 1. The number of alkyl halides is 3. The molecule has 7 rings (SSSR count). The number of benzene rings is 2. The van der Waals surface area contributed by atoms with Crippen molar-refractivity contribution in [3.8, 4) is 5.75 Å². The van der Waals surface area contributed by atoms with E-state index >= 15 is 4.79 Å². The van der Waals surface area contributed by atoms with Gasteiger partial charge in [0.25, 0.3) is 11.8 Å². The number of hydrogen-bond donors (Lipinski definition) is 3. The van der Waals surface area contributed by atoms with Crippen LogP contribution in [-0.2, 0) is 35.6 Å². The first-order valence-electron chi connectivity index (χ1n) is 15.8. The van der Waals surface area contributed by atoms with Gasteiger partial charge in [0.2, 0.25) is 11.8 Å². The standard InChI is InChI=1S/C35H27Cl2F3N4O7/c36-19-6-4-17(5-7-19)34-24(31(49)44(33(34)51)42-29-25(37)13-18(15-41-29)35(38,39)40)14-23-21(28(34)16-2-1-3-20(45)12-16)8-9-22-27(23)32(50)43(30(22)48)11-10-26(46)47/h1-8,12-13,15,22-24,27-28,45H,9-11,14H2,(H,41,42)(H,46,47)/t22-,23+,24-,27-,28-,34+/m0/s1. The molecule has 1 saturated carbocycles. The van der Waals surface area contributed by atoms with Crippen LogP contribution in [-0.4, -0.2) is 61.2 Å². The molecule has 11 nitrogen and oxygen atoms in total. The number of hydrogen-bond acceptors (Lipinski definition) is 8. The van der Waals surface area contributed by atoms with Crippen molar-refractivity contribution in [2.75, 3.05) is 12.0 Å². The Morgan fingerprint density at radius 2 is 1.73 bits per heavy atom.